The summed E-state index contributed by atoms with van der Waals surface area (Å²) in [5.74, 6) is -0.979. The van der Waals surface area contributed by atoms with Crippen molar-refractivity contribution in [2.75, 3.05) is 20.3 Å². The Balaban J connectivity index is 2.50. The fourth-order valence-electron chi connectivity index (χ4n) is 1.80. The van der Waals surface area contributed by atoms with Gasteiger partial charge in [0.1, 0.15) is 6.04 Å². The Morgan fingerprint density at radius 3 is 2.61 bits per heavy atom. The lowest BCUT2D eigenvalue weighted by atomic mass is 10.2. The molecule has 1 rings (SSSR count). The summed E-state index contributed by atoms with van der Waals surface area (Å²) in [5, 5.41) is 11.6. The number of urea groups is 1. The van der Waals surface area contributed by atoms with Crippen LogP contribution in [0.2, 0.25) is 0 Å². The van der Waals surface area contributed by atoms with Crippen molar-refractivity contribution < 1.29 is 19.4 Å². The van der Waals surface area contributed by atoms with Crippen LogP contribution in [0.15, 0.2) is 0 Å². The molecule has 1 aliphatic carbocycles. The third-order valence-corrected chi connectivity index (χ3v) is 2.96. The van der Waals surface area contributed by atoms with Crippen molar-refractivity contribution >= 4 is 12.0 Å². The molecule has 0 aromatic carbocycles. The summed E-state index contributed by atoms with van der Waals surface area (Å²) >= 11 is 0. The van der Waals surface area contributed by atoms with E-state index in [4.69, 9.17) is 9.84 Å². The van der Waals surface area contributed by atoms with Crippen molar-refractivity contribution in [3.63, 3.8) is 0 Å². The van der Waals surface area contributed by atoms with Gasteiger partial charge >= 0.3 is 12.0 Å². The second-order valence-corrected chi connectivity index (χ2v) is 4.55. The summed E-state index contributed by atoms with van der Waals surface area (Å²) in [6.45, 7) is 2.87. The molecule has 0 saturated heterocycles. The summed E-state index contributed by atoms with van der Waals surface area (Å²) in [5.41, 5.74) is 0. The van der Waals surface area contributed by atoms with Gasteiger partial charge in [0.25, 0.3) is 0 Å². The molecular weight excluding hydrogens is 236 g/mol. The van der Waals surface area contributed by atoms with Crippen LogP contribution in [0.1, 0.15) is 32.6 Å². The molecule has 1 atom stereocenters. The summed E-state index contributed by atoms with van der Waals surface area (Å²) in [4.78, 5) is 24.7. The molecule has 6 nitrogen and oxygen atoms in total. The Labute approximate surface area is 107 Å². The number of methoxy groups -OCH3 is 1. The molecule has 2 N–H and O–H groups in total. The Morgan fingerprint density at radius 1 is 1.50 bits per heavy atom. The van der Waals surface area contributed by atoms with Gasteiger partial charge in [0.05, 0.1) is 6.61 Å². The van der Waals surface area contributed by atoms with Gasteiger partial charge in [-0.2, -0.15) is 0 Å². The van der Waals surface area contributed by atoms with E-state index in [1.807, 2.05) is 6.92 Å². The first-order valence-corrected chi connectivity index (χ1v) is 6.39. The summed E-state index contributed by atoms with van der Waals surface area (Å²) < 4.78 is 4.96. The van der Waals surface area contributed by atoms with Crippen LogP contribution in [0, 0.1) is 0 Å². The third-order valence-electron chi connectivity index (χ3n) is 2.96. The SMILES string of the molecule is CCC[C@H](NC(=O)N(CCOC)C1CC1)C(=O)O. The van der Waals surface area contributed by atoms with E-state index in [9.17, 15) is 9.59 Å². The smallest absolute Gasteiger partial charge is 0.326 e. The molecule has 6 heteroatoms. The number of carboxylic acid groups (broad SMARTS) is 1. The summed E-state index contributed by atoms with van der Waals surface area (Å²) in [7, 11) is 1.58. The van der Waals surface area contributed by atoms with Gasteiger partial charge in [-0.05, 0) is 19.3 Å². The van der Waals surface area contributed by atoms with Gasteiger partial charge in [-0.25, -0.2) is 9.59 Å². The van der Waals surface area contributed by atoms with Crippen LogP contribution in [-0.4, -0.2) is 54.4 Å². The predicted molar refractivity (Wildman–Crippen MR) is 66.5 cm³/mol. The molecule has 0 aromatic heterocycles. The molecule has 0 heterocycles. The largest absolute Gasteiger partial charge is 0.480 e. The fourth-order valence-corrected chi connectivity index (χ4v) is 1.80. The second-order valence-electron chi connectivity index (χ2n) is 4.55. The van der Waals surface area contributed by atoms with Crippen molar-refractivity contribution in [1.29, 1.82) is 0 Å². The highest BCUT2D eigenvalue weighted by molar-refractivity contribution is 5.82. The predicted octanol–water partition coefficient (Wildman–Crippen LogP) is 1.06. The number of ether oxygens (including phenoxy) is 1. The lowest BCUT2D eigenvalue weighted by Crippen LogP contribution is -2.49. The zero-order valence-corrected chi connectivity index (χ0v) is 11.0. The Kier molecular flexibility index (Phi) is 5.91. The lowest BCUT2D eigenvalue weighted by molar-refractivity contribution is -0.139. The number of carbonyl (C=O) groups excluding carboxylic acids is 1. The van der Waals surface area contributed by atoms with E-state index in [-0.39, 0.29) is 12.1 Å². The first kappa shape index (κ1) is 14.8. The maximum Gasteiger partial charge on any atom is 0.326 e. The number of hydrogen-bond acceptors (Lipinski definition) is 3. The van der Waals surface area contributed by atoms with Crippen molar-refractivity contribution in [2.24, 2.45) is 0 Å². The molecule has 1 aliphatic rings. The molecule has 0 bridgehead atoms. The van der Waals surface area contributed by atoms with Gasteiger partial charge in [0.15, 0.2) is 0 Å². The molecule has 1 fully saturated rings. The minimum absolute atomic E-state index is 0.247. The monoisotopic (exact) mass is 258 g/mol. The van der Waals surface area contributed by atoms with Gasteiger partial charge < -0.3 is 20.1 Å². The zero-order chi connectivity index (χ0) is 13.5. The average Bonchev–Trinajstić information content (AvgIpc) is 3.13. The van der Waals surface area contributed by atoms with Gasteiger partial charge in [0, 0.05) is 19.7 Å². The molecule has 0 radical (unpaired) electrons. The lowest BCUT2D eigenvalue weighted by Gasteiger charge is -2.24. The maximum absolute atomic E-state index is 12.0. The Hall–Kier alpha value is -1.30. The van der Waals surface area contributed by atoms with Crippen LogP contribution >= 0.6 is 0 Å². The number of carbonyl (C=O) groups is 2. The number of nitrogens with one attached hydrogen (secondary N) is 1. The minimum Gasteiger partial charge on any atom is -0.480 e. The van der Waals surface area contributed by atoms with Gasteiger partial charge in [0.2, 0.25) is 0 Å². The molecule has 1 saturated carbocycles. The second kappa shape index (κ2) is 7.20. The van der Waals surface area contributed by atoms with Crippen LogP contribution in [-0.2, 0) is 9.53 Å². The van der Waals surface area contributed by atoms with Crippen molar-refractivity contribution in [2.45, 2.75) is 44.7 Å². The molecule has 2 amide bonds. The molecule has 0 spiro atoms. The van der Waals surface area contributed by atoms with E-state index in [0.717, 1.165) is 19.3 Å². The van der Waals surface area contributed by atoms with Crippen molar-refractivity contribution in [3.8, 4) is 0 Å². The summed E-state index contributed by atoms with van der Waals surface area (Å²) in [6, 6.07) is -0.849. The van der Waals surface area contributed by atoms with E-state index in [2.05, 4.69) is 5.32 Å². The van der Waals surface area contributed by atoms with E-state index in [1.54, 1.807) is 12.0 Å². The van der Waals surface area contributed by atoms with Gasteiger partial charge in [-0.3, -0.25) is 0 Å². The number of nitrogens with zero attached hydrogens (tertiary/aromatic N) is 1. The number of carboxylic acids is 1. The molecule has 0 aromatic rings. The zero-order valence-electron chi connectivity index (χ0n) is 11.0. The Bertz CT molecular complexity index is 292. The maximum atomic E-state index is 12.0. The average molecular weight is 258 g/mol. The Morgan fingerprint density at radius 2 is 2.17 bits per heavy atom. The van der Waals surface area contributed by atoms with E-state index in [0.29, 0.717) is 19.6 Å². The van der Waals surface area contributed by atoms with E-state index >= 15 is 0 Å². The van der Waals surface area contributed by atoms with Crippen LogP contribution < -0.4 is 5.32 Å². The molecule has 0 unspecified atom stereocenters. The molecular formula is C12H22N2O4. The highest BCUT2D eigenvalue weighted by atomic mass is 16.5. The number of rotatable bonds is 8. The first-order chi connectivity index (χ1) is 8.60. The van der Waals surface area contributed by atoms with Crippen molar-refractivity contribution in [1.82, 2.24) is 10.2 Å². The highest BCUT2D eigenvalue weighted by Crippen LogP contribution is 2.26. The highest BCUT2D eigenvalue weighted by Gasteiger charge is 2.33. The summed E-state index contributed by atoms with van der Waals surface area (Å²) in [6.07, 6.45) is 3.15. The first-order valence-electron chi connectivity index (χ1n) is 6.39. The quantitative estimate of drug-likeness (QED) is 0.682. The standard InChI is InChI=1S/C12H22N2O4/c1-3-4-10(11(15)16)13-12(17)14(7-8-18-2)9-5-6-9/h9-10H,3-8H2,1-2H3,(H,13,17)(H,15,16)/t10-/m0/s1. The van der Waals surface area contributed by atoms with Gasteiger partial charge in [-0.1, -0.05) is 13.3 Å². The van der Waals surface area contributed by atoms with Crippen LogP contribution in [0.3, 0.4) is 0 Å². The van der Waals surface area contributed by atoms with Crippen molar-refractivity contribution in [3.05, 3.63) is 0 Å². The minimum atomic E-state index is -0.979. The fraction of sp³-hybridized carbons (Fsp3) is 0.833. The topological polar surface area (TPSA) is 78.9 Å². The normalized spacial score (nSPS) is 16.1. The van der Waals surface area contributed by atoms with Crippen LogP contribution in [0.5, 0.6) is 0 Å². The van der Waals surface area contributed by atoms with E-state index < -0.39 is 12.0 Å². The molecule has 0 aliphatic heterocycles. The number of amides is 2. The van der Waals surface area contributed by atoms with Crippen LogP contribution in [0.25, 0.3) is 0 Å². The van der Waals surface area contributed by atoms with Gasteiger partial charge in [-0.15, -0.1) is 0 Å². The molecule has 18 heavy (non-hydrogen) atoms. The molecule has 104 valence electrons. The van der Waals surface area contributed by atoms with Crippen LogP contribution in [0.4, 0.5) is 4.79 Å². The number of hydrogen-bond donors (Lipinski definition) is 2. The van der Waals surface area contributed by atoms with E-state index in [1.165, 1.54) is 0 Å². The number of aliphatic carboxylic acids is 1. The third kappa shape index (κ3) is 4.52.